The van der Waals surface area contributed by atoms with E-state index < -0.39 is 0 Å². The molecule has 1 aromatic carbocycles. The summed E-state index contributed by atoms with van der Waals surface area (Å²) >= 11 is 4.91. The molecule has 1 fully saturated rings. The number of benzene rings is 1. The number of amides is 2. The van der Waals surface area contributed by atoms with E-state index in [1.54, 1.807) is 0 Å². The summed E-state index contributed by atoms with van der Waals surface area (Å²) in [5.41, 5.74) is 1.73. The van der Waals surface area contributed by atoms with Crippen molar-refractivity contribution in [1.82, 2.24) is 9.91 Å². The standard InChI is InChI=1S/C19H18BrN3O2S/c1-12-4-9-16(26-12)19(25)23-11-15(22-10-2-3-17(22)24)18(21-23)13-5-7-14(20)8-6-13/h4-9,15H,2-3,10-11H2,1H3. The maximum absolute atomic E-state index is 12.9. The minimum Gasteiger partial charge on any atom is -0.332 e. The van der Waals surface area contributed by atoms with Crippen molar-refractivity contribution in [2.45, 2.75) is 25.8 Å². The van der Waals surface area contributed by atoms with Crippen LogP contribution in [-0.2, 0) is 4.79 Å². The Balaban J connectivity index is 1.68. The maximum Gasteiger partial charge on any atom is 0.284 e. The molecule has 0 bridgehead atoms. The van der Waals surface area contributed by atoms with Gasteiger partial charge in [0.15, 0.2) is 0 Å². The van der Waals surface area contributed by atoms with E-state index in [4.69, 9.17) is 0 Å². The molecule has 0 radical (unpaired) electrons. The molecule has 0 spiro atoms. The van der Waals surface area contributed by atoms with Gasteiger partial charge >= 0.3 is 0 Å². The van der Waals surface area contributed by atoms with E-state index in [0.717, 1.165) is 33.6 Å². The van der Waals surface area contributed by atoms with Gasteiger partial charge in [-0.1, -0.05) is 28.1 Å². The van der Waals surface area contributed by atoms with Crippen LogP contribution in [0.4, 0.5) is 0 Å². The molecule has 0 saturated carbocycles. The first kappa shape index (κ1) is 17.4. The highest BCUT2D eigenvalue weighted by atomic mass is 79.9. The molecule has 134 valence electrons. The van der Waals surface area contributed by atoms with Crippen molar-refractivity contribution < 1.29 is 9.59 Å². The first-order valence-electron chi connectivity index (χ1n) is 8.55. The number of hydrogen-bond acceptors (Lipinski definition) is 4. The quantitative estimate of drug-likeness (QED) is 0.744. The molecule has 7 heteroatoms. The van der Waals surface area contributed by atoms with Crippen molar-refractivity contribution in [3.8, 4) is 0 Å². The van der Waals surface area contributed by atoms with Crippen LogP contribution in [0.15, 0.2) is 46.0 Å². The molecular weight excluding hydrogens is 414 g/mol. The Morgan fingerprint density at radius 3 is 2.62 bits per heavy atom. The summed E-state index contributed by atoms with van der Waals surface area (Å²) in [5, 5.41) is 6.14. The van der Waals surface area contributed by atoms with Crippen molar-refractivity contribution in [2.24, 2.45) is 5.10 Å². The lowest BCUT2D eigenvalue weighted by atomic mass is 10.0. The Labute approximate surface area is 164 Å². The van der Waals surface area contributed by atoms with E-state index in [0.29, 0.717) is 17.8 Å². The van der Waals surface area contributed by atoms with Crippen LogP contribution < -0.4 is 0 Å². The van der Waals surface area contributed by atoms with Gasteiger partial charge in [-0.25, -0.2) is 5.01 Å². The van der Waals surface area contributed by atoms with E-state index in [9.17, 15) is 9.59 Å². The van der Waals surface area contributed by atoms with Crippen LogP contribution in [0, 0.1) is 6.92 Å². The lowest BCUT2D eigenvalue weighted by Gasteiger charge is -2.25. The SMILES string of the molecule is Cc1ccc(C(=O)N2CC(N3CCCC3=O)C(c3ccc(Br)cc3)=N2)s1. The summed E-state index contributed by atoms with van der Waals surface area (Å²) in [6.07, 6.45) is 1.43. The van der Waals surface area contributed by atoms with Crippen molar-refractivity contribution in [1.29, 1.82) is 0 Å². The number of rotatable bonds is 3. The Bertz CT molecular complexity index is 890. The summed E-state index contributed by atoms with van der Waals surface area (Å²) in [6.45, 7) is 3.11. The molecule has 1 unspecified atom stereocenters. The van der Waals surface area contributed by atoms with E-state index in [2.05, 4.69) is 21.0 Å². The van der Waals surface area contributed by atoms with E-state index in [1.807, 2.05) is 48.2 Å². The van der Waals surface area contributed by atoms with Crippen LogP contribution in [0.2, 0.25) is 0 Å². The first-order chi connectivity index (χ1) is 12.5. The average molecular weight is 432 g/mol. The number of carbonyl (C=O) groups excluding carboxylic acids is 2. The highest BCUT2D eigenvalue weighted by Gasteiger charge is 2.39. The molecule has 1 aromatic heterocycles. The fourth-order valence-corrected chi connectivity index (χ4v) is 4.48. The van der Waals surface area contributed by atoms with Gasteiger partial charge < -0.3 is 4.90 Å². The summed E-state index contributed by atoms with van der Waals surface area (Å²) < 4.78 is 0.982. The molecular formula is C19H18BrN3O2S. The number of hydrazone groups is 1. The van der Waals surface area contributed by atoms with Crippen molar-refractivity contribution in [2.75, 3.05) is 13.1 Å². The molecule has 2 aromatic rings. The Hall–Kier alpha value is -1.99. The predicted molar refractivity (Wildman–Crippen MR) is 106 cm³/mol. The molecule has 26 heavy (non-hydrogen) atoms. The summed E-state index contributed by atoms with van der Waals surface area (Å²) in [4.78, 5) is 28.8. The van der Waals surface area contributed by atoms with E-state index in [1.165, 1.54) is 16.3 Å². The fraction of sp³-hybridized carbons (Fsp3) is 0.316. The van der Waals surface area contributed by atoms with Gasteiger partial charge in [0.1, 0.15) is 0 Å². The second kappa shape index (κ2) is 6.96. The molecule has 4 rings (SSSR count). The lowest BCUT2D eigenvalue weighted by molar-refractivity contribution is -0.128. The lowest BCUT2D eigenvalue weighted by Crippen LogP contribution is -2.44. The molecule has 2 amide bonds. The molecule has 3 heterocycles. The zero-order valence-corrected chi connectivity index (χ0v) is 16.7. The van der Waals surface area contributed by atoms with Crippen LogP contribution in [-0.4, -0.2) is 46.6 Å². The third-order valence-electron chi connectivity index (χ3n) is 4.70. The summed E-state index contributed by atoms with van der Waals surface area (Å²) in [7, 11) is 0. The molecule has 2 aliphatic rings. The van der Waals surface area contributed by atoms with Gasteiger partial charge in [0.25, 0.3) is 5.91 Å². The van der Waals surface area contributed by atoms with Crippen molar-refractivity contribution >= 4 is 44.8 Å². The normalized spacial score (nSPS) is 20.0. The minimum atomic E-state index is -0.184. The third kappa shape index (κ3) is 3.21. The maximum atomic E-state index is 12.9. The number of nitrogens with zero attached hydrogens (tertiary/aromatic N) is 3. The molecule has 5 nitrogen and oxygen atoms in total. The van der Waals surface area contributed by atoms with Gasteiger partial charge in [-0.05, 0) is 37.6 Å². The number of halogens is 1. The third-order valence-corrected chi connectivity index (χ3v) is 6.22. The zero-order chi connectivity index (χ0) is 18.3. The summed E-state index contributed by atoms with van der Waals surface area (Å²) in [5.74, 6) is 0.0351. The molecule has 2 aliphatic heterocycles. The number of carbonyl (C=O) groups is 2. The van der Waals surface area contributed by atoms with Crippen LogP contribution in [0.3, 0.4) is 0 Å². The highest BCUT2D eigenvalue weighted by molar-refractivity contribution is 9.10. The Kier molecular flexibility index (Phi) is 4.67. The minimum absolute atomic E-state index is 0.105. The Morgan fingerprint density at radius 1 is 1.23 bits per heavy atom. The van der Waals surface area contributed by atoms with Crippen molar-refractivity contribution in [3.05, 3.63) is 56.2 Å². The van der Waals surface area contributed by atoms with Crippen LogP contribution in [0.1, 0.15) is 33.0 Å². The number of aryl methyl sites for hydroxylation is 1. The average Bonchev–Trinajstić information content (AvgIpc) is 3.34. The predicted octanol–water partition coefficient (Wildman–Crippen LogP) is 3.67. The number of likely N-dealkylation sites (tertiary alicyclic amines) is 1. The largest absolute Gasteiger partial charge is 0.332 e. The molecule has 1 atom stereocenters. The van der Waals surface area contributed by atoms with Crippen molar-refractivity contribution in [3.63, 3.8) is 0 Å². The highest BCUT2D eigenvalue weighted by Crippen LogP contribution is 2.26. The molecule has 1 saturated heterocycles. The number of thiophene rings is 1. The van der Waals surface area contributed by atoms with Gasteiger partial charge in [0.05, 0.1) is 23.2 Å². The monoisotopic (exact) mass is 431 g/mol. The summed E-state index contributed by atoms with van der Waals surface area (Å²) in [6, 6.07) is 11.4. The second-order valence-electron chi connectivity index (χ2n) is 6.50. The zero-order valence-electron chi connectivity index (χ0n) is 14.3. The smallest absolute Gasteiger partial charge is 0.284 e. The fourth-order valence-electron chi connectivity index (χ4n) is 3.41. The van der Waals surface area contributed by atoms with Gasteiger partial charge in [-0.15, -0.1) is 11.3 Å². The van der Waals surface area contributed by atoms with Crippen LogP contribution in [0.5, 0.6) is 0 Å². The first-order valence-corrected chi connectivity index (χ1v) is 10.2. The van der Waals surface area contributed by atoms with Gasteiger partial charge in [-0.3, -0.25) is 9.59 Å². The van der Waals surface area contributed by atoms with Crippen LogP contribution >= 0.6 is 27.3 Å². The number of hydrogen-bond donors (Lipinski definition) is 0. The van der Waals surface area contributed by atoms with E-state index in [-0.39, 0.29) is 17.9 Å². The van der Waals surface area contributed by atoms with Gasteiger partial charge in [0.2, 0.25) is 5.91 Å². The van der Waals surface area contributed by atoms with E-state index >= 15 is 0 Å². The Morgan fingerprint density at radius 2 is 2.00 bits per heavy atom. The van der Waals surface area contributed by atoms with Crippen LogP contribution in [0.25, 0.3) is 0 Å². The van der Waals surface area contributed by atoms with Gasteiger partial charge in [-0.2, -0.15) is 5.10 Å². The molecule has 0 aliphatic carbocycles. The topological polar surface area (TPSA) is 53.0 Å². The second-order valence-corrected chi connectivity index (χ2v) is 8.70. The van der Waals surface area contributed by atoms with Gasteiger partial charge in [0, 0.05) is 27.9 Å². The molecule has 0 N–H and O–H groups in total.